The maximum absolute atomic E-state index is 12.4. The number of nitrogens with one attached hydrogen (secondary N) is 1. The van der Waals surface area contributed by atoms with Gasteiger partial charge in [0.25, 0.3) is 0 Å². The molecule has 0 radical (unpaired) electrons. The predicted molar refractivity (Wildman–Crippen MR) is 107 cm³/mol. The number of aliphatic carboxylic acids is 1. The molecule has 1 atom stereocenters. The summed E-state index contributed by atoms with van der Waals surface area (Å²) >= 11 is 0. The predicted octanol–water partition coefficient (Wildman–Crippen LogP) is 2.98. The van der Waals surface area contributed by atoms with Crippen molar-refractivity contribution in [1.29, 1.82) is 0 Å². The Labute approximate surface area is 166 Å². The fraction of sp³-hybridized carbons (Fsp3) is 0.227. The zero-order valence-electron chi connectivity index (χ0n) is 16.1. The summed E-state index contributed by atoms with van der Waals surface area (Å²) in [5.74, 6) is -1.02. The van der Waals surface area contributed by atoms with Crippen molar-refractivity contribution < 1.29 is 23.8 Å². The van der Waals surface area contributed by atoms with Crippen molar-refractivity contribution in [1.82, 2.24) is 5.32 Å². The number of aryl methyl sites for hydroxylation is 2. The Bertz CT molecular complexity index is 1100. The smallest absolute Gasteiger partial charge is 0.336 e. The van der Waals surface area contributed by atoms with Crippen molar-refractivity contribution in [2.24, 2.45) is 0 Å². The summed E-state index contributed by atoms with van der Waals surface area (Å²) in [7, 11) is 1.49. The van der Waals surface area contributed by atoms with E-state index in [2.05, 4.69) is 5.32 Å². The van der Waals surface area contributed by atoms with Gasteiger partial charge in [0.15, 0.2) is 6.04 Å². The second-order valence-electron chi connectivity index (χ2n) is 6.66. The van der Waals surface area contributed by atoms with E-state index < -0.39 is 17.6 Å². The van der Waals surface area contributed by atoms with E-state index >= 15 is 0 Å². The lowest BCUT2D eigenvalue weighted by atomic mass is 10.0. The number of benzene rings is 2. The molecule has 1 aromatic heterocycles. The molecule has 0 aliphatic rings. The molecule has 0 aliphatic carbocycles. The van der Waals surface area contributed by atoms with Gasteiger partial charge in [0.1, 0.15) is 11.3 Å². The largest absolute Gasteiger partial charge is 0.496 e. The topological polar surface area (TPSA) is 106 Å². The molecule has 2 N–H and O–H groups in total. The molecule has 1 amide bonds. The number of fused-ring (bicyclic) bond motifs is 1. The van der Waals surface area contributed by atoms with Gasteiger partial charge in [0.05, 0.1) is 7.11 Å². The molecular formula is C22H21NO6. The van der Waals surface area contributed by atoms with Crippen LogP contribution in [-0.4, -0.2) is 24.1 Å². The van der Waals surface area contributed by atoms with Crippen LogP contribution in [0.3, 0.4) is 0 Å². The fourth-order valence-corrected chi connectivity index (χ4v) is 3.19. The molecule has 3 aromatic rings. The van der Waals surface area contributed by atoms with E-state index in [0.29, 0.717) is 23.3 Å². The van der Waals surface area contributed by atoms with Crippen molar-refractivity contribution in [3.63, 3.8) is 0 Å². The van der Waals surface area contributed by atoms with Crippen LogP contribution in [0.1, 0.15) is 29.2 Å². The number of amides is 1. The Balaban J connectivity index is 1.78. The van der Waals surface area contributed by atoms with Gasteiger partial charge in [-0.15, -0.1) is 0 Å². The normalized spacial score (nSPS) is 11.8. The van der Waals surface area contributed by atoms with Crippen LogP contribution < -0.4 is 15.7 Å². The van der Waals surface area contributed by atoms with E-state index in [9.17, 15) is 19.5 Å². The second-order valence-corrected chi connectivity index (χ2v) is 6.66. The maximum atomic E-state index is 12.4. The highest BCUT2D eigenvalue weighted by atomic mass is 16.5. The number of carbonyl (C=O) groups is 2. The number of carbonyl (C=O) groups excluding carboxylic acids is 1. The van der Waals surface area contributed by atoms with Gasteiger partial charge in [0, 0.05) is 23.9 Å². The lowest BCUT2D eigenvalue weighted by molar-refractivity contribution is -0.142. The maximum Gasteiger partial charge on any atom is 0.336 e. The van der Waals surface area contributed by atoms with Crippen molar-refractivity contribution in [3.05, 3.63) is 75.6 Å². The quantitative estimate of drug-likeness (QED) is 0.596. The third-order valence-electron chi connectivity index (χ3n) is 4.66. The van der Waals surface area contributed by atoms with E-state index in [4.69, 9.17) is 9.15 Å². The molecule has 0 unspecified atom stereocenters. The molecule has 7 nitrogen and oxygen atoms in total. The van der Waals surface area contributed by atoms with Crippen LogP contribution in [0.15, 0.2) is 57.7 Å². The summed E-state index contributed by atoms with van der Waals surface area (Å²) in [6.45, 7) is 1.81. The van der Waals surface area contributed by atoms with Gasteiger partial charge in [-0.05, 0) is 36.1 Å². The van der Waals surface area contributed by atoms with Crippen LogP contribution in [0.2, 0.25) is 0 Å². The molecule has 0 fully saturated rings. The number of ether oxygens (including phenoxy) is 1. The second kappa shape index (κ2) is 8.60. The number of hydrogen-bond donors (Lipinski definition) is 2. The highest BCUT2D eigenvalue weighted by Crippen LogP contribution is 2.28. The average Bonchev–Trinajstić information content (AvgIpc) is 2.70. The monoisotopic (exact) mass is 395 g/mol. The molecule has 7 heteroatoms. The van der Waals surface area contributed by atoms with Gasteiger partial charge in [-0.1, -0.05) is 30.3 Å². The Morgan fingerprint density at radius 3 is 2.55 bits per heavy atom. The Hall–Kier alpha value is -3.61. The van der Waals surface area contributed by atoms with E-state index in [0.717, 1.165) is 16.5 Å². The Morgan fingerprint density at radius 1 is 1.17 bits per heavy atom. The first-order valence-electron chi connectivity index (χ1n) is 9.07. The number of methoxy groups -OCH3 is 1. The van der Waals surface area contributed by atoms with Crippen molar-refractivity contribution in [2.45, 2.75) is 25.8 Å². The summed E-state index contributed by atoms with van der Waals surface area (Å²) in [6, 6.07) is 12.3. The summed E-state index contributed by atoms with van der Waals surface area (Å²) < 4.78 is 10.6. The third-order valence-corrected chi connectivity index (χ3v) is 4.66. The molecule has 29 heavy (non-hydrogen) atoms. The van der Waals surface area contributed by atoms with Crippen molar-refractivity contribution in [2.75, 3.05) is 7.11 Å². The van der Waals surface area contributed by atoms with Gasteiger partial charge >= 0.3 is 11.6 Å². The van der Waals surface area contributed by atoms with Gasteiger partial charge < -0.3 is 19.6 Å². The number of hydrogen-bond acceptors (Lipinski definition) is 5. The Kier molecular flexibility index (Phi) is 5.97. The van der Waals surface area contributed by atoms with Gasteiger partial charge in [0.2, 0.25) is 5.91 Å². The van der Waals surface area contributed by atoms with E-state index in [1.807, 2.05) is 6.07 Å². The van der Waals surface area contributed by atoms with E-state index in [1.165, 1.54) is 13.2 Å². The molecule has 0 saturated heterocycles. The highest BCUT2D eigenvalue weighted by molar-refractivity contribution is 5.85. The first-order chi connectivity index (χ1) is 13.9. The van der Waals surface area contributed by atoms with Crippen LogP contribution in [0.4, 0.5) is 0 Å². The minimum absolute atomic E-state index is 0.0777. The summed E-state index contributed by atoms with van der Waals surface area (Å²) in [5, 5.41) is 12.8. The van der Waals surface area contributed by atoms with Crippen molar-refractivity contribution >= 4 is 22.8 Å². The minimum atomic E-state index is -1.13. The highest BCUT2D eigenvalue weighted by Gasteiger charge is 2.22. The summed E-state index contributed by atoms with van der Waals surface area (Å²) in [5.41, 5.74) is 2.00. The average molecular weight is 395 g/mol. The molecule has 3 rings (SSSR count). The first kappa shape index (κ1) is 20.1. The van der Waals surface area contributed by atoms with E-state index in [1.54, 1.807) is 43.3 Å². The molecule has 150 valence electrons. The molecule has 2 aromatic carbocycles. The molecule has 0 aliphatic heterocycles. The molecule has 0 spiro atoms. The lowest BCUT2D eigenvalue weighted by Crippen LogP contribution is -2.33. The molecular weight excluding hydrogens is 374 g/mol. The van der Waals surface area contributed by atoms with Crippen LogP contribution in [0.25, 0.3) is 11.0 Å². The lowest BCUT2D eigenvalue weighted by Gasteiger charge is -2.15. The SMILES string of the molecule is COc1cc2oc(=O)cc(C)c2cc1CCC(=O)N[C@H](C(=O)O)c1ccccc1. The zero-order chi connectivity index (χ0) is 21.0. The van der Waals surface area contributed by atoms with Gasteiger partial charge in [-0.25, -0.2) is 9.59 Å². The minimum Gasteiger partial charge on any atom is -0.496 e. The molecule has 0 saturated carbocycles. The van der Waals surface area contributed by atoms with Crippen LogP contribution in [-0.2, 0) is 16.0 Å². The number of carboxylic acids is 1. The first-order valence-corrected chi connectivity index (χ1v) is 9.07. The van der Waals surface area contributed by atoms with Crippen LogP contribution in [0, 0.1) is 6.92 Å². The van der Waals surface area contributed by atoms with Crippen LogP contribution >= 0.6 is 0 Å². The fourth-order valence-electron chi connectivity index (χ4n) is 3.19. The Morgan fingerprint density at radius 2 is 1.90 bits per heavy atom. The third kappa shape index (κ3) is 4.63. The summed E-state index contributed by atoms with van der Waals surface area (Å²) in [4.78, 5) is 35.5. The zero-order valence-corrected chi connectivity index (χ0v) is 16.1. The van der Waals surface area contributed by atoms with E-state index in [-0.39, 0.29) is 12.3 Å². The molecule has 0 bridgehead atoms. The summed E-state index contributed by atoms with van der Waals surface area (Å²) in [6.07, 6.45) is 0.416. The van der Waals surface area contributed by atoms with Crippen LogP contribution in [0.5, 0.6) is 5.75 Å². The number of rotatable bonds is 7. The van der Waals surface area contributed by atoms with Gasteiger partial charge in [-0.3, -0.25) is 4.79 Å². The van der Waals surface area contributed by atoms with Crippen molar-refractivity contribution in [3.8, 4) is 5.75 Å². The number of carboxylic acid groups (broad SMARTS) is 1. The molecule has 1 heterocycles. The standard InChI is InChI=1S/C22H21NO6/c1-13-10-20(25)29-18-12-17(28-2)15(11-16(13)18)8-9-19(24)23-21(22(26)27)14-6-4-3-5-7-14/h3-7,10-12,21H,8-9H2,1-2H3,(H,23,24)(H,26,27)/t21-/m0/s1. The van der Waals surface area contributed by atoms with Gasteiger partial charge in [-0.2, -0.15) is 0 Å².